The number of nitrogens with zero attached hydrogens (tertiary/aromatic N) is 3. The number of hydrogen-bond acceptors (Lipinski definition) is 1. The first kappa shape index (κ1) is 18.4. The molecule has 0 N–H and O–H groups in total. The predicted molar refractivity (Wildman–Crippen MR) is 108 cm³/mol. The fourth-order valence-electron chi connectivity index (χ4n) is 3.83. The van der Waals surface area contributed by atoms with Crippen LogP contribution in [-0.2, 0) is 0 Å². The zero-order valence-corrected chi connectivity index (χ0v) is 17.0. The Kier molecular flexibility index (Phi) is 4.99. The molecule has 0 saturated carbocycles. The number of aryl methyl sites for hydroxylation is 3. The standard InChI is InChI=1S/C23H30N3/c1-15(2)20-13-8-9-14-21(20)26-23(24-19(7)25(26)16(3)4)22-17(5)11-10-12-18(22)6/h8-16H,1-7H3/q+1. The summed E-state index contributed by atoms with van der Waals surface area (Å²) >= 11 is 0. The molecule has 0 atom stereocenters. The number of para-hydroxylation sites is 1. The van der Waals surface area contributed by atoms with Crippen molar-refractivity contribution in [1.82, 2.24) is 9.67 Å². The molecule has 0 aliphatic heterocycles. The quantitative estimate of drug-likeness (QED) is 0.574. The Morgan fingerprint density at radius 2 is 1.46 bits per heavy atom. The van der Waals surface area contributed by atoms with Gasteiger partial charge in [-0.1, -0.05) is 50.2 Å². The molecule has 0 radical (unpaired) electrons. The second-order valence-electron chi connectivity index (χ2n) is 7.71. The highest BCUT2D eigenvalue weighted by Gasteiger charge is 2.30. The van der Waals surface area contributed by atoms with E-state index in [0.717, 1.165) is 11.6 Å². The summed E-state index contributed by atoms with van der Waals surface area (Å²) < 4.78 is 4.63. The molecule has 0 saturated heterocycles. The maximum atomic E-state index is 5.03. The van der Waals surface area contributed by atoms with Crippen LogP contribution in [0.3, 0.4) is 0 Å². The van der Waals surface area contributed by atoms with Gasteiger partial charge in [-0.15, -0.1) is 9.36 Å². The SMILES string of the molecule is Cc1cccc(C)c1-c1nc(C)[n+](C(C)C)n1-c1ccccc1C(C)C. The van der Waals surface area contributed by atoms with Gasteiger partial charge in [-0.2, -0.15) is 0 Å². The van der Waals surface area contributed by atoms with E-state index in [1.165, 1.54) is 27.9 Å². The van der Waals surface area contributed by atoms with Crippen molar-refractivity contribution in [3.8, 4) is 17.1 Å². The van der Waals surface area contributed by atoms with Crippen LogP contribution in [0, 0.1) is 20.8 Å². The summed E-state index contributed by atoms with van der Waals surface area (Å²) in [7, 11) is 0. The van der Waals surface area contributed by atoms with E-state index in [2.05, 4.69) is 100 Å². The van der Waals surface area contributed by atoms with E-state index in [1.807, 2.05) is 0 Å². The molecule has 0 amide bonds. The van der Waals surface area contributed by atoms with Gasteiger partial charge in [0.2, 0.25) is 0 Å². The first-order valence-electron chi connectivity index (χ1n) is 9.50. The molecular weight excluding hydrogens is 318 g/mol. The lowest BCUT2D eigenvalue weighted by atomic mass is 10.00. The third-order valence-corrected chi connectivity index (χ3v) is 5.00. The van der Waals surface area contributed by atoms with Gasteiger partial charge in [0, 0.05) is 6.92 Å². The summed E-state index contributed by atoms with van der Waals surface area (Å²) in [5.41, 5.74) is 6.30. The Labute approximate surface area is 157 Å². The highest BCUT2D eigenvalue weighted by molar-refractivity contribution is 5.66. The average Bonchev–Trinajstić information content (AvgIpc) is 2.91. The minimum atomic E-state index is 0.320. The van der Waals surface area contributed by atoms with E-state index in [0.29, 0.717) is 12.0 Å². The molecule has 0 fully saturated rings. The zero-order valence-electron chi connectivity index (χ0n) is 17.0. The van der Waals surface area contributed by atoms with E-state index in [4.69, 9.17) is 4.98 Å². The van der Waals surface area contributed by atoms with Crippen LogP contribution in [-0.4, -0.2) is 9.67 Å². The Hall–Kier alpha value is -2.42. The van der Waals surface area contributed by atoms with Crippen molar-refractivity contribution in [2.24, 2.45) is 0 Å². The van der Waals surface area contributed by atoms with Gasteiger partial charge >= 0.3 is 5.82 Å². The third-order valence-electron chi connectivity index (χ3n) is 5.00. The van der Waals surface area contributed by atoms with Crippen LogP contribution in [0.5, 0.6) is 0 Å². The normalized spacial score (nSPS) is 11.6. The van der Waals surface area contributed by atoms with Crippen molar-refractivity contribution in [2.45, 2.75) is 60.4 Å². The lowest BCUT2D eigenvalue weighted by Crippen LogP contribution is -2.47. The van der Waals surface area contributed by atoms with Crippen LogP contribution >= 0.6 is 0 Å². The summed E-state index contributed by atoms with van der Waals surface area (Å²) in [4.78, 5) is 5.03. The Bertz CT molecular complexity index is 912. The molecule has 0 aliphatic carbocycles. The molecule has 3 rings (SSSR count). The van der Waals surface area contributed by atoms with Gasteiger partial charge in [0.25, 0.3) is 5.82 Å². The summed E-state index contributed by atoms with van der Waals surface area (Å²) in [6, 6.07) is 15.5. The number of rotatable bonds is 4. The second kappa shape index (κ2) is 7.06. The van der Waals surface area contributed by atoms with Crippen molar-refractivity contribution in [3.05, 3.63) is 65.0 Å². The van der Waals surface area contributed by atoms with Gasteiger partial charge in [-0.25, -0.2) is 0 Å². The van der Waals surface area contributed by atoms with Crippen molar-refractivity contribution in [3.63, 3.8) is 0 Å². The molecule has 0 aliphatic rings. The van der Waals surface area contributed by atoms with Gasteiger partial charge in [0.1, 0.15) is 6.04 Å². The van der Waals surface area contributed by atoms with Gasteiger partial charge in [-0.05, 0) is 61.4 Å². The van der Waals surface area contributed by atoms with Crippen LogP contribution in [0.2, 0.25) is 0 Å². The molecule has 1 aromatic heterocycles. The van der Waals surface area contributed by atoms with Crippen LogP contribution in [0.4, 0.5) is 0 Å². The highest BCUT2D eigenvalue weighted by Crippen LogP contribution is 2.30. The summed E-state index contributed by atoms with van der Waals surface area (Å²) in [6.45, 7) is 15.4. The van der Waals surface area contributed by atoms with Gasteiger partial charge in [-0.3, -0.25) is 0 Å². The molecule has 2 aromatic carbocycles. The molecule has 3 aromatic rings. The minimum absolute atomic E-state index is 0.320. The Morgan fingerprint density at radius 1 is 0.846 bits per heavy atom. The smallest absolute Gasteiger partial charge is 0.146 e. The number of aromatic nitrogens is 3. The number of hydrogen-bond donors (Lipinski definition) is 0. The fraction of sp³-hybridized carbons (Fsp3) is 0.391. The molecule has 0 spiro atoms. The van der Waals surface area contributed by atoms with E-state index in [9.17, 15) is 0 Å². The maximum Gasteiger partial charge on any atom is 0.317 e. The molecule has 26 heavy (non-hydrogen) atoms. The molecule has 0 unspecified atom stereocenters. The molecule has 1 heterocycles. The van der Waals surface area contributed by atoms with Gasteiger partial charge in [0.15, 0.2) is 0 Å². The maximum absolute atomic E-state index is 5.03. The van der Waals surface area contributed by atoms with Crippen molar-refractivity contribution >= 4 is 0 Å². The second-order valence-corrected chi connectivity index (χ2v) is 7.71. The monoisotopic (exact) mass is 348 g/mol. The van der Waals surface area contributed by atoms with Crippen molar-refractivity contribution < 1.29 is 4.68 Å². The zero-order chi connectivity index (χ0) is 19.0. The van der Waals surface area contributed by atoms with Crippen molar-refractivity contribution in [1.29, 1.82) is 0 Å². The Morgan fingerprint density at radius 3 is 2.04 bits per heavy atom. The lowest BCUT2D eigenvalue weighted by molar-refractivity contribution is -0.789. The summed E-state index contributed by atoms with van der Waals surface area (Å²) in [5, 5.41) is 0. The van der Waals surface area contributed by atoms with Gasteiger partial charge < -0.3 is 0 Å². The molecule has 3 heteroatoms. The minimum Gasteiger partial charge on any atom is -0.146 e. The number of benzene rings is 2. The predicted octanol–water partition coefficient (Wildman–Crippen LogP) is 5.46. The largest absolute Gasteiger partial charge is 0.317 e. The van der Waals surface area contributed by atoms with E-state index >= 15 is 0 Å². The van der Waals surface area contributed by atoms with E-state index in [1.54, 1.807) is 0 Å². The van der Waals surface area contributed by atoms with Crippen LogP contribution in [0.1, 0.15) is 62.2 Å². The first-order chi connectivity index (χ1) is 12.3. The fourth-order valence-corrected chi connectivity index (χ4v) is 3.83. The molecule has 136 valence electrons. The van der Waals surface area contributed by atoms with Gasteiger partial charge in [0.05, 0.1) is 11.3 Å². The van der Waals surface area contributed by atoms with E-state index < -0.39 is 0 Å². The third kappa shape index (κ3) is 3.07. The first-order valence-corrected chi connectivity index (χ1v) is 9.50. The molecule has 3 nitrogen and oxygen atoms in total. The van der Waals surface area contributed by atoms with E-state index in [-0.39, 0.29) is 0 Å². The van der Waals surface area contributed by atoms with Crippen LogP contribution in [0.15, 0.2) is 42.5 Å². The van der Waals surface area contributed by atoms with Crippen molar-refractivity contribution in [2.75, 3.05) is 0 Å². The topological polar surface area (TPSA) is 21.7 Å². The van der Waals surface area contributed by atoms with Crippen LogP contribution < -0.4 is 4.68 Å². The highest BCUT2D eigenvalue weighted by atomic mass is 15.5. The molecule has 0 bridgehead atoms. The van der Waals surface area contributed by atoms with Crippen LogP contribution in [0.25, 0.3) is 17.1 Å². The lowest BCUT2D eigenvalue weighted by Gasteiger charge is -2.17. The summed E-state index contributed by atoms with van der Waals surface area (Å²) in [6.07, 6.45) is 0. The average molecular weight is 349 g/mol. The molecular formula is C23H30N3+. The summed E-state index contributed by atoms with van der Waals surface area (Å²) in [5.74, 6) is 2.51. The Balaban J connectivity index is 2.42.